The third kappa shape index (κ3) is 2.82. The van der Waals surface area contributed by atoms with E-state index in [9.17, 15) is 4.79 Å². The van der Waals surface area contributed by atoms with Crippen molar-refractivity contribution < 1.29 is 4.79 Å². The van der Waals surface area contributed by atoms with Crippen molar-refractivity contribution in [2.24, 2.45) is 5.92 Å². The summed E-state index contributed by atoms with van der Waals surface area (Å²) in [6.45, 7) is 0. The van der Waals surface area contributed by atoms with Crippen molar-refractivity contribution in [3.8, 4) is 0 Å². The average Bonchev–Trinajstić information content (AvgIpc) is 3.41. The molecule has 3 nitrogen and oxygen atoms in total. The first-order chi connectivity index (χ1) is 11.3. The Labute approximate surface area is 135 Å². The van der Waals surface area contributed by atoms with Gasteiger partial charge in [0, 0.05) is 17.0 Å². The lowest BCUT2D eigenvalue weighted by molar-refractivity contribution is -0.118. The molecule has 0 saturated heterocycles. The molecule has 1 N–H and O–H groups in total. The molecule has 1 fully saturated rings. The van der Waals surface area contributed by atoms with Crippen LogP contribution in [0.4, 0.5) is 5.69 Å². The van der Waals surface area contributed by atoms with Gasteiger partial charge in [-0.1, -0.05) is 54.6 Å². The van der Waals surface area contributed by atoms with Crippen LogP contribution in [0.1, 0.15) is 24.3 Å². The SMILES string of the molecule is O=C(Nc1cncc2ccccc12)C(c1ccccc1)C1CC1. The second kappa shape index (κ2) is 5.84. The van der Waals surface area contributed by atoms with E-state index in [-0.39, 0.29) is 11.8 Å². The van der Waals surface area contributed by atoms with Crippen LogP contribution in [0.15, 0.2) is 67.0 Å². The highest BCUT2D eigenvalue weighted by Crippen LogP contribution is 2.43. The van der Waals surface area contributed by atoms with Crippen molar-refractivity contribution in [2.45, 2.75) is 18.8 Å². The molecule has 0 bridgehead atoms. The van der Waals surface area contributed by atoms with Crippen LogP contribution in [0, 0.1) is 5.92 Å². The summed E-state index contributed by atoms with van der Waals surface area (Å²) in [5.74, 6) is 0.451. The summed E-state index contributed by atoms with van der Waals surface area (Å²) in [6, 6.07) is 18.1. The van der Waals surface area contributed by atoms with Crippen LogP contribution < -0.4 is 5.32 Å². The summed E-state index contributed by atoms with van der Waals surface area (Å²) in [7, 11) is 0. The van der Waals surface area contributed by atoms with E-state index in [0.717, 1.165) is 34.9 Å². The topological polar surface area (TPSA) is 42.0 Å². The van der Waals surface area contributed by atoms with Crippen LogP contribution >= 0.6 is 0 Å². The molecule has 1 saturated carbocycles. The highest BCUT2D eigenvalue weighted by molar-refractivity contribution is 6.03. The van der Waals surface area contributed by atoms with Gasteiger partial charge in [0.05, 0.1) is 17.8 Å². The molecule has 1 heterocycles. The van der Waals surface area contributed by atoms with E-state index in [1.54, 1.807) is 6.20 Å². The van der Waals surface area contributed by atoms with E-state index in [0.29, 0.717) is 5.92 Å². The molecule has 4 rings (SSSR count). The highest BCUT2D eigenvalue weighted by atomic mass is 16.1. The van der Waals surface area contributed by atoms with E-state index >= 15 is 0 Å². The number of pyridine rings is 1. The first kappa shape index (κ1) is 13.9. The molecule has 1 aliphatic carbocycles. The maximum atomic E-state index is 12.9. The summed E-state index contributed by atoms with van der Waals surface area (Å²) < 4.78 is 0. The third-order valence-electron chi connectivity index (χ3n) is 4.46. The van der Waals surface area contributed by atoms with Crippen molar-refractivity contribution in [1.29, 1.82) is 0 Å². The van der Waals surface area contributed by atoms with Gasteiger partial charge in [0.15, 0.2) is 0 Å². The van der Waals surface area contributed by atoms with Gasteiger partial charge >= 0.3 is 0 Å². The summed E-state index contributed by atoms with van der Waals surface area (Å²) in [6.07, 6.45) is 5.80. The number of benzene rings is 2. The zero-order chi connectivity index (χ0) is 15.6. The zero-order valence-electron chi connectivity index (χ0n) is 12.8. The van der Waals surface area contributed by atoms with Gasteiger partial charge in [0.1, 0.15) is 0 Å². The number of hydrogen-bond donors (Lipinski definition) is 1. The molecule has 3 heteroatoms. The number of fused-ring (bicyclic) bond motifs is 1. The lowest BCUT2D eigenvalue weighted by Gasteiger charge is -2.17. The van der Waals surface area contributed by atoms with Crippen LogP contribution in [0.25, 0.3) is 10.8 Å². The first-order valence-corrected chi connectivity index (χ1v) is 8.01. The average molecular weight is 302 g/mol. The predicted octanol–water partition coefficient (Wildman–Crippen LogP) is 4.37. The number of carbonyl (C=O) groups excluding carboxylic acids is 1. The molecule has 0 aliphatic heterocycles. The van der Waals surface area contributed by atoms with Gasteiger partial charge in [0.25, 0.3) is 0 Å². The summed E-state index contributed by atoms with van der Waals surface area (Å²) in [5, 5.41) is 5.16. The Morgan fingerprint density at radius 1 is 1.00 bits per heavy atom. The second-order valence-corrected chi connectivity index (χ2v) is 6.12. The van der Waals surface area contributed by atoms with E-state index < -0.39 is 0 Å². The maximum absolute atomic E-state index is 12.9. The number of carbonyl (C=O) groups is 1. The lowest BCUT2D eigenvalue weighted by atomic mass is 9.93. The van der Waals surface area contributed by atoms with Crippen molar-refractivity contribution >= 4 is 22.4 Å². The standard InChI is InChI=1S/C20H18N2O/c23-20(19(15-10-11-15)14-6-2-1-3-7-14)22-18-13-21-12-16-8-4-5-9-17(16)18/h1-9,12-13,15,19H,10-11H2,(H,22,23). The highest BCUT2D eigenvalue weighted by Gasteiger charge is 2.37. The Kier molecular flexibility index (Phi) is 3.54. The van der Waals surface area contributed by atoms with E-state index in [1.165, 1.54) is 0 Å². The fourth-order valence-electron chi connectivity index (χ4n) is 3.15. The van der Waals surface area contributed by atoms with Crippen molar-refractivity contribution in [2.75, 3.05) is 5.32 Å². The van der Waals surface area contributed by atoms with Gasteiger partial charge in [-0.25, -0.2) is 0 Å². The van der Waals surface area contributed by atoms with Gasteiger partial charge in [-0.05, 0) is 24.3 Å². The fraction of sp³-hybridized carbons (Fsp3) is 0.200. The van der Waals surface area contributed by atoms with Gasteiger partial charge in [-0.2, -0.15) is 0 Å². The van der Waals surface area contributed by atoms with Crippen molar-refractivity contribution in [1.82, 2.24) is 4.98 Å². The van der Waals surface area contributed by atoms with Crippen LogP contribution in [-0.4, -0.2) is 10.9 Å². The molecule has 23 heavy (non-hydrogen) atoms. The maximum Gasteiger partial charge on any atom is 0.232 e. The molecular formula is C20H18N2O. The Morgan fingerprint density at radius 3 is 2.52 bits per heavy atom. The number of hydrogen-bond acceptors (Lipinski definition) is 2. The summed E-state index contributed by atoms with van der Waals surface area (Å²) in [4.78, 5) is 17.1. The number of amides is 1. The quantitative estimate of drug-likeness (QED) is 0.777. The Morgan fingerprint density at radius 2 is 1.74 bits per heavy atom. The van der Waals surface area contributed by atoms with Gasteiger partial charge in [0.2, 0.25) is 5.91 Å². The van der Waals surface area contributed by atoms with E-state index in [2.05, 4.69) is 10.3 Å². The number of anilines is 1. The van der Waals surface area contributed by atoms with Crippen LogP contribution in [0.5, 0.6) is 0 Å². The molecule has 1 atom stereocenters. The molecule has 114 valence electrons. The largest absolute Gasteiger partial charge is 0.324 e. The molecule has 1 aromatic heterocycles. The lowest BCUT2D eigenvalue weighted by Crippen LogP contribution is -2.23. The number of rotatable bonds is 4. The second-order valence-electron chi connectivity index (χ2n) is 6.12. The molecule has 0 radical (unpaired) electrons. The van der Waals surface area contributed by atoms with Gasteiger partial charge in [-0.3, -0.25) is 9.78 Å². The monoisotopic (exact) mass is 302 g/mol. The fourth-order valence-corrected chi connectivity index (χ4v) is 3.15. The Hall–Kier alpha value is -2.68. The predicted molar refractivity (Wildman–Crippen MR) is 92.3 cm³/mol. The minimum atomic E-state index is -0.0739. The molecule has 2 aromatic carbocycles. The minimum absolute atomic E-state index is 0.0665. The van der Waals surface area contributed by atoms with Gasteiger partial charge in [-0.15, -0.1) is 0 Å². The van der Waals surface area contributed by atoms with Crippen LogP contribution in [0.2, 0.25) is 0 Å². The number of aromatic nitrogens is 1. The van der Waals surface area contributed by atoms with E-state index in [4.69, 9.17) is 0 Å². The zero-order valence-corrected chi connectivity index (χ0v) is 12.8. The minimum Gasteiger partial charge on any atom is -0.324 e. The Balaban J connectivity index is 1.65. The first-order valence-electron chi connectivity index (χ1n) is 8.01. The molecule has 0 spiro atoms. The molecule has 1 unspecified atom stereocenters. The van der Waals surface area contributed by atoms with Crippen LogP contribution in [-0.2, 0) is 4.79 Å². The third-order valence-corrected chi connectivity index (χ3v) is 4.46. The molecule has 1 amide bonds. The smallest absolute Gasteiger partial charge is 0.232 e. The molecule has 1 aliphatic rings. The van der Waals surface area contributed by atoms with Crippen LogP contribution in [0.3, 0.4) is 0 Å². The summed E-state index contributed by atoms with van der Waals surface area (Å²) in [5.41, 5.74) is 1.88. The number of nitrogens with one attached hydrogen (secondary N) is 1. The summed E-state index contributed by atoms with van der Waals surface area (Å²) >= 11 is 0. The molecule has 3 aromatic rings. The van der Waals surface area contributed by atoms with E-state index in [1.807, 2.05) is 60.8 Å². The normalized spacial score (nSPS) is 15.3. The van der Waals surface area contributed by atoms with Gasteiger partial charge < -0.3 is 5.32 Å². The van der Waals surface area contributed by atoms with Crippen molar-refractivity contribution in [3.05, 3.63) is 72.6 Å². The number of nitrogens with zero attached hydrogens (tertiary/aromatic N) is 1. The molecular weight excluding hydrogens is 284 g/mol. The van der Waals surface area contributed by atoms with Crippen molar-refractivity contribution in [3.63, 3.8) is 0 Å². The Bertz CT molecular complexity index is 835.